The SMILES string of the molecule is CNC(Cc1ccsc1)C1CCCc2cccnc21. The van der Waals surface area contributed by atoms with Crippen LogP contribution in [-0.4, -0.2) is 18.1 Å². The standard InChI is InChI=1S/C16H20N2S/c1-17-15(10-12-7-9-19-11-12)14-6-2-4-13-5-3-8-18-16(13)14/h3,5,7-9,11,14-15,17H,2,4,6,10H2,1H3. The molecule has 2 heterocycles. The van der Waals surface area contributed by atoms with Crippen LogP contribution in [0.2, 0.25) is 0 Å². The number of nitrogens with zero attached hydrogens (tertiary/aromatic N) is 1. The fraction of sp³-hybridized carbons (Fsp3) is 0.438. The molecule has 0 aliphatic heterocycles. The van der Waals surface area contributed by atoms with E-state index in [0.717, 1.165) is 6.42 Å². The van der Waals surface area contributed by atoms with Gasteiger partial charge in [0.25, 0.3) is 0 Å². The summed E-state index contributed by atoms with van der Waals surface area (Å²) < 4.78 is 0. The third kappa shape index (κ3) is 2.72. The number of aryl methyl sites for hydroxylation is 1. The third-order valence-corrected chi connectivity index (χ3v) is 4.86. The summed E-state index contributed by atoms with van der Waals surface area (Å²) in [7, 11) is 2.08. The van der Waals surface area contributed by atoms with E-state index >= 15 is 0 Å². The Morgan fingerprint density at radius 2 is 2.42 bits per heavy atom. The number of fused-ring (bicyclic) bond motifs is 1. The summed E-state index contributed by atoms with van der Waals surface area (Å²) in [6.45, 7) is 0. The molecule has 0 bridgehead atoms. The lowest BCUT2D eigenvalue weighted by Gasteiger charge is -2.31. The molecule has 2 nitrogen and oxygen atoms in total. The highest BCUT2D eigenvalue weighted by Crippen LogP contribution is 2.33. The number of aromatic nitrogens is 1. The number of likely N-dealkylation sites (N-methyl/N-ethyl adjacent to an activating group) is 1. The first-order chi connectivity index (χ1) is 9.38. The normalized spacial score (nSPS) is 19.9. The molecule has 0 saturated carbocycles. The van der Waals surface area contributed by atoms with E-state index < -0.39 is 0 Å². The minimum Gasteiger partial charge on any atom is -0.316 e. The van der Waals surface area contributed by atoms with Gasteiger partial charge in [0.1, 0.15) is 0 Å². The van der Waals surface area contributed by atoms with E-state index in [0.29, 0.717) is 12.0 Å². The van der Waals surface area contributed by atoms with Crippen molar-refractivity contribution < 1.29 is 0 Å². The van der Waals surface area contributed by atoms with E-state index in [1.165, 1.54) is 36.1 Å². The van der Waals surface area contributed by atoms with Gasteiger partial charge in [-0.3, -0.25) is 4.98 Å². The van der Waals surface area contributed by atoms with Crippen LogP contribution >= 0.6 is 11.3 Å². The summed E-state index contributed by atoms with van der Waals surface area (Å²) in [4.78, 5) is 4.66. The van der Waals surface area contributed by atoms with E-state index in [1.54, 1.807) is 11.3 Å². The molecular weight excluding hydrogens is 252 g/mol. The van der Waals surface area contributed by atoms with Crippen molar-refractivity contribution in [3.8, 4) is 0 Å². The number of hydrogen-bond acceptors (Lipinski definition) is 3. The second kappa shape index (κ2) is 5.85. The summed E-state index contributed by atoms with van der Waals surface area (Å²) in [5, 5.41) is 7.93. The van der Waals surface area contributed by atoms with Gasteiger partial charge in [-0.15, -0.1) is 0 Å². The minimum atomic E-state index is 0.489. The number of hydrogen-bond donors (Lipinski definition) is 1. The number of pyridine rings is 1. The van der Waals surface area contributed by atoms with Crippen molar-refractivity contribution in [2.75, 3.05) is 7.05 Å². The Labute approximate surface area is 118 Å². The van der Waals surface area contributed by atoms with Crippen LogP contribution < -0.4 is 5.32 Å². The maximum atomic E-state index is 4.66. The number of rotatable bonds is 4. The third-order valence-electron chi connectivity index (χ3n) is 4.13. The Morgan fingerprint density at radius 1 is 1.47 bits per heavy atom. The zero-order chi connectivity index (χ0) is 13.1. The predicted molar refractivity (Wildman–Crippen MR) is 80.8 cm³/mol. The molecule has 0 fully saturated rings. The topological polar surface area (TPSA) is 24.9 Å². The van der Waals surface area contributed by atoms with Gasteiger partial charge in [-0.05, 0) is 66.8 Å². The van der Waals surface area contributed by atoms with Gasteiger partial charge < -0.3 is 5.32 Å². The smallest absolute Gasteiger partial charge is 0.0482 e. The van der Waals surface area contributed by atoms with Gasteiger partial charge in [-0.2, -0.15) is 11.3 Å². The predicted octanol–water partition coefficient (Wildman–Crippen LogP) is 3.39. The van der Waals surface area contributed by atoms with Gasteiger partial charge in [0, 0.05) is 23.9 Å². The maximum Gasteiger partial charge on any atom is 0.0482 e. The van der Waals surface area contributed by atoms with Gasteiger partial charge in [-0.1, -0.05) is 6.07 Å². The summed E-state index contributed by atoms with van der Waals surface area (Å²) in [5.74, 6) is 0.551. The summed E-state index contributed by atoms with van der Waals surface area (Å²) >= 11 is 1.78. The van der Waals surface area contributed by atoms with E-state index in [-0.39, 0.29) is 0 Å². The molecule has 1 aliphatic rings. The Bertz CT molecular complexity index is 521. The van der Waals surface area contributed by atoms with Crippen molar-refractivity contribution in [1.29, 1.82) is 0 Å². The molecule has 0 spiro atoms. The first kappa shape index (κ1) is 12.8. The van der Waals surface area contributed by atoms with Crippen LogP contribution in [0.4, 0.5) is 0 Å². The van der Waals surface area contributed by atoms with Crippen molar-refractivity contribution in [3.63, 3.8) is 0 Å². The second-order valence-corrected chi connectivity index (χ2v) is 6.06. The fourth-order valence-corrected chi connectivity index (χ4v) is 3.83. The van der Waals surface area contributed by atoms with E-state index in [1.807, 2.05) is 6.20 Å². The van der Waals surface area contributed by atoms with Gasteiger partial charge in [0.15, 0.2) is 0 Å². The maximum absolute atomic E-state index is 4.66. The average molecular weight is 272 g/mol. The summed E-state index contributed by atoms with van der Waals surface area (Å²) in [6, 6.07) is 7.03. The largest absolute Gasteiger partial charge is 0.316 e. The van der Waals surface area contributed by atoms with Crippen LogP contribution in [0.1, 0.15) is 35.6 Å². The highest BCUT2D eigenvalue weighted by molar-refractivity contribution is 7.07. The second-order valence-electron chi connectivity index (χ2n) is 5.28. The van der Waals surface area contributed by atoms with Crippen LogP contribution in [0.5, 0.6) is 0 Å². The molecule has 2 unspecified atom stereocenters. The number of thiophene rings is 1. The quantitative estimate of drug-likeness (QED) is 0.923. The molecule has 1 N–H and O–H groups in total. The zero-order valence-electron chi connectivity index (χ0n) is 11.3. The Balaban J connectivity index is 1.84. The van der Waals surface area contributed by atoms with E-state index in [4.69, 9.17) is 0 Å². The van der Waals surface area contributed by atoms with Crippen LogP contribution in [-0.2, 0) is 12.8 Å². The molecule has 0 saturated heterocycles. The Kier molecular flexibility index (Phi) is 3.95. The van der Waals surface area contributed by atoms with Crippen molar-refractivity contribution in [2.45, 2.75) is 37.6 Å². The monoisotopic (exact) mass is 272 g/mol. The molecule has 0 amide bonds. The molecule has 2 aromatic heterocycles. The Hall–Kier alpha value is -1.19. The molecule has 0 radical (unpaired) electrons. The van der Waals surface area contributed by atoms with Crippen molar-refractivity contribution in [1.82, 2.24) is 10.3 Å². The molecule has 100 valence electrons. The highest BCUT2D eigenvalue weighted by Gasteiger charge is 2.28. The Morgan fingerprint density at radius 3 is 3.21 bits per heavy atom. The zero-order valence-corrected chi connectivity index (χ0v) is 12.1. The van der Waals surface area contributed by atoms with Gasteiger partial charge in [0.05, 0.1) is 0 Å². The van der Waals surface area contributed by atoms with Crippen LogP contribution in [0.25, 0.3) is 0 Å². The van der Waals surface area contributed by atoms with Gasteiger partial charge >= 0.3 is 0 Å². The molecule has 1 aliphatic carbocycles. The first-order valence-corrected chi connectivity index (χ1v) is 7.95. The van der Waals surface area contributed by atoms with Crippen LogP contribution in [0.3, 0.4) is 0 Å². The average Bonchev–Trinajstić information content (AvgIpc) is 2.97. The molecular formula is C16H20N2S. The summed E-state index contributed by atoms with van der Waals surface area (Å²) in [5.41, 5.74) is 4.21. The lowest BCUT2D eigenvalue weighted by molar-refractivity contribution is 0.403. The van der Waals surface area contributed by atoms with Crippen molar-refractivity contribution in [3.05, 3.63) is 52.0 Å². The molecule has 2 aromatic rings. The van der Waals surface area contributed by atoms with Gasteiger partial charge in [0.2, 0.25) is 0 Å². The molecule has 2 atom stereocenters. The van der Waals surface area contributed by atoms with Crippen molar-refractivity contribution >= 4 is 11.3 Å². The number of nitrogens with one attached hydrogen (secondary N) is 1. The van der Waals surface area contributed by atoms with Gasteiger partial charge in [-0.25, -0.2) is 0 Å². The molecule has 0 aromatic carbocycles. The summed E-state index contributed by atoms with van der Waals surface area (Å²) in [6.07, 6.45) is 6.76. The first-order valence-electron chi connectivity index (χ1n) is 7.00. The lowest BCUT2D eigenvalue weighted by atomic mass is 9.80. The van der Waals surface area contributed by atoms with Crippen molar-refractivity contribution in [2.24, 2.45) is 0 Å². The van der Waals surface area contributed by atoms with E-state index in [9.17, 15) is 0 Å². The highest BCUT2D eigenvalue weighted by atomic mass is 32.1. The molecule has 3 heteroatoms. The fourth-order valence-electron chi connectivity index (χ4n) is 3.15. The van der Waals surface area contributed by atoms with Crippen LogP contribution in [0, 0.1) is 0 Å². The van der Waals surface area contributed by atoms with E-state index in [2.05, 4.69) is 46.3 Å². The molecule has 3 rings (SSSR count). The lowest BCUT2D eigenvalue weighted by Crippen LogP contribution is -2.36. The minimum absolute atomic E-state index is 0.489. The molecule has 19 heavy (non-hydrogen) atoms. The van der Waals surface area contributed by atoms with Crippen LogP contribution in [0.15, 0.2) is 35.2 Å².